The van der Waals surface area contributed by atoms with Gasteiger partial charge in [-0.1, -0.05) is 0 Å². The summed E-state index contributed by atoms with van der Waals surface area (Å²) in [5, 5.41) is 28.7. The number of methoxy groups -OCH3 is 3. The number of nitrogens with one attached hydrogen (secondary N) is 3. The summed E-state index contributed by atoms with van der Waals surface area (Å²) in [4.78, 5) is 47.7. The predicted molar refractivity (Wildman–Crippen MR) is 132 cm³/mol. The van der Waals surface area contributed by atoms with Crippen LogP contribution in [0.3, 0.4) is 0 Å². The number of hydrogen-bond donors (Lipinski definition) is 7. The normalized spacial score (nSPS) is 28.8. The highest BCUT2D eigenvalue weighted by Gasteiger charge is 2.76. The lowest BCUT2D eigenvalue weighted by atomic mass is 9.84. The highest BCUT2D eigenvalue weighted by Crippen LogP contribution is 2.42. The van der Waals surface area contributed by atoms with Crippen LogP contribution in [0.4, 0.5) is 0 Å². The van der Waals surface area contributed by atoms with Gasteiger partial charge in [-0.15, -0.1) is 0 Å². The topological polar surface area (TPSA) is 228 Å². The molecule has 16 nitrogen and oxygen atoms in total. The third kappa shape index (κ3) is 3.77. The number of nitrogens with zero attached hydrogens (tertiary/aromatic N) is 3. The number of hydrogen-bond acceptors (Lipinski definition) is 13. The van der Waals surface area contributed by atoms with E-state index in [1.165, 1.54) is 38.4 Å². The van der Waals surface area contributed by atoms with E-state index in [0.29, 0.717) is 0 Å². The zero-order valence-electron chi connectivity index (χ0n) is 21.6. The Balaban J connectivity index is 1.46. The van der Waals surface area contributed by atoms with Crippen LogP contribution in [-0.4, -0.2) is 114 Å². The number of imide groups is 1. The number of aliphatic hydroxyl groups is 2. The Labute approximate surface area is 222 Å². The first kappa shape index (κ1) is 26.3. The molecule has 1 spiro atoms. The van der Waals surface area contributed by atoms with Crippen molar-refractivity contribution in [3.63, 3.8) is 0 Å². The Kier molecular flexibility index (Phi) is 6.18. The molecule has 0 saturated carbocycles. The van der Waals surface area contributed by atoms with Crippen LogP contribution in [0.15, 0.2) is 17.1 Å². The second-order valence-corrected chi connectivity index (χ2v) is 9.66. The first-order chi connectivity index (χ1) is 18.5. The Morgan fingerprint density at radius 2 is 1.77 bits per heavy atom. The van der Waals surface area contributed by atoms with Crippen molar-refractivity contribution in [3.05, 3.63) is 17.7 Å². The number of rotatable bonds is 7. The summed E-state index contributed by atoms with van der Waals surface area (Å²) in [5.41, 5.74) is 10.6. The summed E-state index contributed by atoms with van der Waals surface area (Å²) in [6, 6.07) is -0.261. The number of carbonyl (C=O) groups is 3. The van der Waals surface area contributed by atoms with Crippen molar-refractivity contribution >= 4 is 29.6 Å². The largest absolute Gasteiger partial charge is 0.493 e. The van der Waals surface area contributed by atoms with E-state index in [1.807, 2.05) is 0 Å². The molecular weight excluding hydrogens is 516 g/mol. The van der Waals surface area contributed by atoms with Crippen molar-refractivity contribution in [1.29, 1.82) is 0 Å². The molecule has 3 amide bonds. The lowest BCUT2D eigenvalue weighted by Crippen LogP contribution is -2.90. The molecule has 1 aromatic carbocycles. The third-order valence-corrected chi connectivity index (χ3v) is 7.64. The Hall–Kier alpha value is -4.31. The maximum absolute atomic E-state index is 13.3. The van der Waals surface area contributed by atoms with Gasteiger partial charge in [-0.25, -0.2) is 10.3 Å². The zero-order chi connectivity index (χ0) is 28.3. The van der Waals surface area contributed by atoms with Gasteiger partial charge in [-0.3, -0.25) is 34.9 Å². The van der Waals surface area contributed by atoms with Crippen LogP contribution in [0, 0.1) is 0 Å². The van der Waals surface area contributed by atoms with Crippen molar-refractivity contribution in [2.24, 2.45) is 16.5 Å². The van der Waals surface area contributed by atoms with Crippen LogP contribution in [-0.2, 0) is 9.59 Å². The van der Waals surface area contributed by atoms with Gasteiger partial charge in [0.05, 0.1) is 34.4 Å². The number of ether oxygens (including phenoxy) is 3. The second kappa shape index (κ2) is 9.16. The lowest BCUT2D eigenvalue weighted by molar-refractivity contribution is -0.521. The van der Waals surface area contributed by atoms with Gasteiger partial charge < -0.3 is 35.5 Å². The molecule has 0 unspecified atom stereocenters. The van der Waals surface area contributed by atoms with E-state index >= 15 is 0 Å². The SMILES string of the molecule is COc1cc(C(=O)N[C@H]2CN3C(N)=N[C@@H](CN4C(=O)CCC4=O)[C@@H]4[NH+]=C(N)N[C@@]43C2(O)O)cc(OC)c1OC. The number of benzene rings is 1. The summed E-state index contributed by atoms with van der Waals surface area (Å²) in [6.07, 6.45) is 0.178. The molecule has 1 aromatic rings. The number of nitrogens with two attached hydrogens (primary N) is 2. The number of guanidine groups is 2. The highest BCUT2D eigenvalue weighted by atomic mass is 16.5. The molecule has 2 fully saturated rings. The van der Waals surface area contributed by atoms with Crippen molar-refractivity contribution in [2.45, 2.75) is 42.4 Å². The molecule has 0 aliphatic carbocycles. The van der Waals surface area contributed by atoms with Gasteiger partial charge in [0.15, 0.2) is 23.5 Å². The minimum Gasteiger partial charge on any atom is -0.493 e. The number of carbonyl (C=O) groups excluding carboxylic acids is 3. The standard InChI is InChI=1S/C23H30N8O8/c1-37-12-6-10(7-13(38-2)17(12)39-3)19(34)27-14-9-31-21(25)26-11(8-30-15(32)4-5-16(30)33)18-22(31,23(14,35)36)29-20(24)28-18/h6-7,11,14,18,35-36H,4-5,8-9H2,1-3H3,(H2,25,26)(H,27,34)(H3,24,28,29)/p+1/t11-,14-,18-,22-/m0/s1. The first-order valence-corrected chi connectivity index (χ1v) is 12.1. The summed E-state index contributed by atoms with van der Waals surface area (Å²) in [6.45, 7) is -0.301. The predicted octanol–water partition coefficient (Wildman–Crippen LogP) is -5.28. The van der Waals surface area contributed by atoms with E-state index in [9.17, 15) is 24.6 Å². The number of likely N-dealkylation sites (tertiary alicyclic amines) is 1. The van der Waals surface area contributed by atoms with Crippen LogP contribution >= 0.6 is 0 Å². The van der Waals surface area contributed by atoms with E-state index in [-0.39, 0.29) is 72.5 Å². The molecule has 9 N–H and O–H groups in total. The monoisotopic (exact) mass is 547 g/mol. The molecular formula is C23H31N8O8+. The van der Waals surface area contributed by atoms with Crippen molar-refractivity contribution in [3.8, 4) is 17.2 Å². The van der Waals surface area contributed by atoms with Crippen LogP contribution < -0.4 is 41.3 Å². The molecule has 4 heterocycles. The van der Waals surface area contributed by atoms with Gasteiger partial charge in [-0.2, -0.15) is 0 Å². The second-order valence-electron chi connectivity index (χ2n) is 9.66. The Morgan fingerprint density at radius 3 is 2.33 bits per heavy atom. The van der Waals surface area contributed by atoms with Gasteiger partial charge in [0, 0.05) is 18.4 Å². The fourth-order valence-electron chi connectivity index (χ4n) is 5.79. The molecule has 16 heteroatoms. The van der Waals surface area contributed by atoms with Crippen LogP contribution in [0.1, 0.15) is 23.2 Å². The van der Waals surface area contributed by atoms with E-state index in [2.05, 4.69) is 20.6 Å². The lowest BCUT2D eigenvalue weighted by Gasteiger charge is -2.46. The number of amides is 3. The fraction of sp³-hybridized carbons (Fsp3) is 0.522. The van der Waals surface area contributed by atoms with Crippen molar-refractivity contribution in [1.82, 2.24) is 20.4 Å². The fourth-order valence-corrected chi connectivity index (χ4v) is 5.79. The summed E-state index contributed by atoms with van der Waals surface area (Å²) in [7, 11) is 4.24. The van der Waals surface area contributed by atoms with Crippen LogP contribution in [0.25, 0.3) is 0 Å². The quantitative estimate of drug-likeness (QED) is 0.125. The number of aliphatic imine (C=N–C) groups is 1. The van der Waals surface area contributed by atoms with Crippen LogP contribution in [0.5, 0.6) is 17.2 Å². The third-order valence-electron chi connectivity index (χ3n) is 7.64. The van der Waals surface area contributed by atoms with Gasteiger partial charge in [-0.05, 0) is 12.1 Å². The molecule has 4 aliphatic heterocycles. The Morgan fingerprint density at radius 1 is 1.15 bits per heavy atom. The zero-order valence-corrected chi connectivity index (χ0v) is 21.6. The smallest absolute Gasteiger partial charge is 0.343 e. The maximum atomic E-state index is 13.3. The van der Waals surface area contributed by atoms with Gasteiger partial charge >= 0.3 is 5.96 Å². The van der Waals surface area contributed by atoms with Gasteiger partial charge in [0.2, 0.25) is 23.4 Å². The van der Waals surface area contributed by atoms with Gasteiger partial charge in [0.25, 0.3) is 11.6 Å². The van der Waals surface area contributed by atoms with Crippen LogP contribution in [0.2, 0.25) is 0 Å². The maximum Gasteiger partial charge on any atom is 0.343 e. The molecule has 5 rings (SSSR count). The molecule has 210 valence electrons. The minimum atomic E-state index is -2.67. The summed E-state index contributed by atoms with van der Waals surface area (Å²) >= 11 is 0. The molecule has 0 aromatic heterocycles. The van der Waals surface area contributed by atoms with Crippen molar-refractivity contribution in [2.75, 3.05) is 34.4 Å². The molecule has 0 radical (unpaired) electrons. The Bertz CT molecular complexity index is 1260. The molecule has 4 atom stereocenters. The average Bonchev–Trinajstić information content (AvgIpc) is 3.50. The first-order valence-electron chi connectivity index (χ1n) is 12.1. The summed E-state index contributed by atoms with van der Waals surface area (Å²) < 4.78 is 15.9. The average molecular weight is 548 g/mol. The van der Waals surface area contributed by atoms with E-state index < -0.39 is 35.5 Å². The minimum absolute atomic E-state index is 0.00283. The van der Waals surface area contributed by atoms with E-state index in [4.69, 9.17) is 25.7 Å². The van der Waals surface area contributed by atoms with E-state index in [0.717, 1.165) is 4.90 Å². The molecule has 39 heavy (non-hydrogen) atoms. The van der Waals surface area contributed by atoms with Crippen molar-refractivity contribution < 1.29 is 43.8 Å². The molecule has 2 saturated heterocycles. The highest BCUT2D eigenvalue weighted by molar-refractivity contribution is 6.02. The van der Waals surface area contributed by atoms with Gasteiger partial charge in [0.1, 0.15) is 12.1 Å². The molecule has 4 aliphatic rings. The summed E-state index contributed by atoms with van der Waals surface area (Å²) in [5.74, 6) is -3.37. The van der Waals surface area contributed by atoms with E-state index in [1.54, 1.807) is 0 Å². The molecule has 0 bridgehead atoms.